The van der Waals surface area contributed by atoms with E-state index < -0.39 is 11.6 Å². The van der Waals surface area contributed by atoms with E-state index in [1.165, 1.54) is 0 Å². The van der Waals surface area contributed by atoms with Crippen molar-refractivity contribution < 1.29 is 8.78 Å². The molecule has 0 spiro atoms. The Morgan fingerprint density at radius 1 is 1.30 bits per heavy atom. The van der Waals surface area contributed by atoms with E-state index >= 15 is 0 Å². The Bertz CT molecular complexity index is 614. The molecule has 0 aromatic carbocycles. The summed E-state index contributed by atoms with van der Waals surface area (Å²) < 4.78 is 29.1. The lowest BCUT2D eigenvalue weighted by Gasteiger charge is -2.08. The summed E-state index contributed by atoms with van der Waals surface area (Å²) in [5.41, 5.74) is 0. The molecule has 0 saturated heterocycles. The molecule has 2 rings (SSSR count). The summed E-state index contributed by atoms with van der Waals surface area (Å²) in [5, 5.41) is 11.2. The molecule has 0 fully saturated rings. The summed E-state index contributed by atoms with van der Waals surface area (Å²) in [7, 11) is 1.77. The van der Waals surface area contributed by atoms with Crippen molar-refractivity contribution >= 4 is 17.6 Å². The van der Waals surface area contributed by atoms with Crippen LogP contribution in [-0.4, -0.2) is 26.3 Å². The topological polar surface area (TPSA) is 55.6 Å². The van der Waals surface area contributed by atoms with E-state index in [0.29, 0.717) is 17.5 Å². The first-order valence-corrected chi connectivity index (χ1v) is 6.98. The van der Waals surface area contributed by atoms with Gasteiger partial charge in [-0.3, -0.25) is 0 Å². The number of halogens is 2. The molecular weight excluding hydrogens is 284 g/mol. The summed E-state index contributed by atoms with van der Waals surface area (Å²) >= 11 is 1.01. The van der Waals surface area contributed by atoms with E-state index in [-0.39, 0.29) is 10.8 Å². The smallest absolute Gasteiger partial charge is 0.197 e. The minimum atomic E-state index is -0.713. The average Bonchev–Trinajstić information content (AvgIpc) is 2.72. The van der Waals surface area contributed by atoms with Crippen LogP contribution in [0.5, 0.6) is 0 Å². The SMILES string of the molecule is CCCNc1nc(Sc2nnc(C)n2C)c(F)cc1F. The normalized spacial score (nSPS) is 10.8. The monoisotopic (exact) mass is 299 g/mol. The van der Waals surface area contributed by atoms with Crippen LogP contribution in [-0.2, 0) is 7.05 Å². The van der Waals surface area contributed by atoms with Crippen molar-refractivity contribution in [1.82, 2.24) is 19.7 Å². The van der Waals surface area contributed by atoms with Crippen LogP contribution in [0.25, 0.3) is 0 Å². The first-order chi connectivity index (χ1) is 9.52. The summed E-state index contributed by atoms with van der Waals surface area (Å²) in [4.78, 5) is 3.98. The maximum Gasteiger partial charge on any atom is 0.197 e. The summed E-state index contributed by atoms with van der Waals surface area (Å²) in [5.74, 6) is -0.654. The van der Waals surface area contributed by atoms with Crippen molar-refractivity contribution in [3.05, 3.63) is 23.5 Å². The minimum Gasteiger partial charge on any atom is -0.368 e. The molecular formula is C12H15F2N5S. The predicted octanol–water partition coefficient (Wildman–Crippen LogP) is 2.77. The van der Waals surface area contributed by atoms with Crippen LogP contribution >= 0.6 is 11.8 Å². The number of hydrogen-bond donors (Lipinski definition) is 1. The van der Waals surface area contributed by atoms with E-state index in [4.69, 9.17) is 0 Å². The van der Waals surface area contributed by atoms with Gasteiger partial charge in [-0.1, -0.05) is 6.92 Å². The summed E-state index contributed by atoms with van der Waals surface area (Å²) in [6.07, 6.45) is 0.823. The van der Waals surface area contributed by atoms with Gasteiger partial charge < -0.3 is 9.88 Å². The fourth-order valence-electron chi connectivity index (χ4n) is 1.45. The van der Waals surface area contributed by atoms with E-state index in [1.54, 1.807) is 18.5 Å². The predicted molar refractivity (Wildman–Crippen MR) is 72.8 cm³/mol. The molecule has 0 unspecified atom stereocenters. The second kappa shape index (κ2) is 6.17. The van der Waals surface area contributed by atoms with Crippen molar-refractivity contribution in [2.75, 3.05) is 11.9 Å². The zero-order valence-corrected chi connectivity index (χ0v) is 12.3. The Kier molecular flexibility index (Phi) is 4.53. The first kappa shape index (κ1) is 14.7. The zero-order chi connectivity index (χ0) is 14.7. The van der Waals surface area contributed by atoms with Crippen LogP contribution in [0.15, 0.2) is 16.2 Å². The van der Waals surface area contributed by atoms with Gasteiger partial charge in [-0.15, -0.1) is 10.2 Å². The molecule has 0 aliphatic heterocycles. The lowest BCUT2D eigenvalue weighted by atomic mass is 10.4. The number of pyridine rings is 1. The molecule has 0 saturated carbocycles. The summed E-state index contributed by atoms with van der Waals surface area (Å²) in [6, 6.07) is 0.830. The Hall–Kier alpha value is -1.70. The average molecular weight is 299 g/mol. The fraction of sp³-hybridized carbons (Fsp3) is 0.417. The van der Waals surface area contributed by atoms with Crippen LogP contribution in [0, 0.1) is 18.6 Å². The molecule has 0 aliphatic rings. The van der Waals surface area contributed by atoms with E-state index in [9.17, 15) is 8.78 Å². The van der Waals surface area contributed by atoms with Gasteiger partial charge in [-0.05, 0) is 25.1 Å². The maximum atomic E-state index is 13.8. The van der Waals surface area contributed by atoms with Gasteiger partial charge in [0.25, 0.3) is 0 Å². The molecule has 0 amide bonds. The van der Waals surface area contributed by atoms with Crippen LogP contribution in [0.1, 0.15) is 19.2 Å². The minimum absolute atomic E-state index is 0.0506. The molecule has 2 aromatic rings. The lowest BCUT2D eigenvalue weighted by molar-refractivity contribution is 0.550. The maximum absolute atomic E-state index is 13.8. The molecule has 0 aliphatic carbocycles. The number of aryl methyl sites for hydroxylation is 1. The molecule has 2 heterocycles. The standard InChI is InChI=1S/C12H15F2N5S/c1-4-5-15-10-8(13)6-9(14)11(16-10)20-12-18-17-7(2)19(12)3/h6H,4-5H2,1-3H3,(H,15,16). The number of anilines is 1. The molecule has 20 heavy (non-hydrogen) atoms. The molecule has 8 heteroatoms. The van der Waals surface area contributed by atoms with Crippen LogP contribution in [0.3, 0.4) is 0 Å². The highest BCUT2D eigenvalue weighted by Gasteiger charge is 2.16. The van der Waals surface area contributed by atoms with Crippen molar-refractivity contribution in [1.29, 1.82) is 0 Å². The van der Waals surface area contributed by atoms with E-state index in [1.807, 2.05) is 6.92 Å². The van der Waals surface area contributed by atoms with Crippen LogP contribution in [0.2, 0.25) is 0 Å². The van der Waals surface area contributed by atoms with Crippen LogP contribution in [0.4, 0.5) is 14.6 Å². The van der Waals surface area contributed by atoms with Gasteiger partial charge in [-0.25, -0.2) is 13.8 Å². The largest absolute Gasteiger partial charge is 0.368 e. The number of nitrogens with one attached hydrogen (secondary N) is 1. The van der Waals surface area contributed by atoms with Crippen molar-refractivity contribution in [2.24, 2.45) is 7.05 Å². The van der Waals surface area contributed by atoms with Gasteiger partial charge in [0.15, 0.2) is 22.6 Å². The van der Waals surface area contributed by atoms with E-state index in [0.717, 1.165) is 24.2 Å². The quantitative estimate of drug-likeness (QED) is 0.920. The van der Waals surface area contributed by atoms with Crippen molar-refractivity contribution in [2.45, 2.75) is 30.5 Å². The molecule has 0 radical (unpaired) electrons. The van der Waals surface area contributed by atoms with E-state index in [2.05, 4.69) is 20.5 Å². The van der Waals surface area contributed by atoms with Gasteiger partial charge in [0.2, 0.25) is 0 Å². The molecule has 108 valence electrons. The Morgan fingerprint density at radius 2 is 2.05 bits per heavy atom. The molecule has 5 nitrogen and oxygen atoms in total. The first-order valence-electron chi connectivity index (χ1n) is 6.16. The van der Waals surface area contributed by atoms with Gasteiger partial charge >= 0.3 is 0 Å². The second-order valence-electron chi connectivity index (χ2n) is 4.22. The number of hydrogen-bond acceptors (Lipinski definition) is 5. The highest BCUT2D eigenvalue weighted by atomic mass is 32.2. The molecule has 1 N–H and O–H groups in total. The van der Waals surface area contributed by atoms with Crippen molar-refractivity contribution in [3.63, 3.8) is 0 Å². The van der Waals surface area contributed by atoms with Gasteiger partial charge in [0, 0.05) is 19.7 Å². The molecule has 0 bridgehead atoms. The van der Waals surface area contributed by atoms with Crippen molar-refractivity contribution in [3.8, 4) is 0 Å². The molecule has 0 atom stereocenters. The molecule has 2 aromatic heterocycles. The number of nitrogens with zero attached hydrogens (tertiary/aromatic N) is 4. The lowest BCUT2D eigenvalue weighted by Crippen LogP contribution is -2.06. The summed E-state index contributed by atoms with van der Waals surface area (Å²) in [6.45, 7) is 4.31. The van der Waals surface area contributed by atoms with Crippen LogP contribution < -0.4 is 5.32 Å². The Morgan fingerprint density at radius 3 is 2.65 bits per heavy atom. The number of rotatable bonds is 5. The fourth-order valence-corrected chi connectivity index (χ4v) is 2.27. The highest BCUT2D eigenvalue weighted by Crippen LogP contribution is 2.29. The Labute approximate surface area is 119 Å². The third kappa shape index (κ3) is 3.06. The highest BCUT2D eigenvalue weighted by molar-refractivity contribution is 7.99. The van der Waals surface area contributed by atoms with Gasteiger partial charge in [0.1, 0.15) is 10.9 Å². The second-order valence-corrected chi connectivity index (χ2v) is 5.18. The third-order valence-electron chi connectivity index (χ3n) is 2.68. The zero-order valence-electron chi connectivity index (χ0n) is 11.4. The van der Waals surface area contributed by atoms with Gasteiger partial charge in [0.05, 0.1) is 0 Å². The third-order valence-corrected chi connectivity index (χ3v) is 3.70. The Balaban J connectivity index is 2.29. The van der Waals surface area contributed by atoms with Gasteiger partial charge in [-0.2, -0.15) is 0 Å². The number of aromatic nitrogens is 4.